The molecule has 0 unspecified atom stereocenters. The summed E-state index contributed by atoms with van der Waals surface area (Å²) in [6, 6.07) is 110. The van der Waals surface area contributed by atoms with Crippen molar-refractivity contribution in [3.05, 3.63) is 340 Å². The number of rotatable bonds is 12. The third kappa shape index (κ3) is 16.4. The van der Waals surface area contributed by atoms with Gasteiger partial charge in [-0.1, -0.05) is 170 Å². The second kappa shape index (κ2) is 31.1. The smallest absolute Gasteiger partial charge is 0.190 e. The summed E-state index contributed by atoms with van der Waals surface area (Å²) < 4.78 is 0. The van der Waals surface area contributed by atoms with Crippen molar-refractivity contribution < 1.29 is 20.4 Å². The average Bonchev–Trinajstić information content (AvgIpc) is 3.51. The maximum Gasteiger partial charge on any atom is 0.190 e. The molecule has 378 valence electrons. The van der Waals surface area contributed by atoms with Gasteiger partial charge < -0.3 is 0 Å². The van der Waals surface area contributed by atoms with Crippen LogP contribution in [0.3, 0.4) is 0 Å². The van der Waals surface area contributed by atoms with Crippen molar-refractivity contribution in [2.24, 2.45) is 0 Å². The Bertz CT molecular complexity index is 2600. The first-order valence-corrected chi connectivity index (χ1v) is 31.4. The van der Waals surface area contributed by atoms with Crippen LogP contribution in [0.4, 0.5) is 0 Å². The van der Waals surface area contributed by atoms with Gasteiger partial charge in [0.2, 0.25) is 0 Å². The van der Waals surface area contributed by atoms with Crippen LogP contribution in [0.1, 0.15) is 0 Å². The molecule has 0 aliphatic heterocycles. The van der Waals surface area contributed by atoms with Crippen molar-refractivity contribution in [2.45, 2.75) is 0 Å². The van der Waals surface area contributed by atoms with Crippen LogP contribution in [0.25, 0.3) is 0 Å². The minimum Gasteiger partial charge on any atom is -0.222 e. The van der Waals surface area contributed by atoms with Gasteiger partial charge in [-0.25, -0.2) is 19.9 Å². The average molecular weight is 1160 g/mol. The van der Waals surface area contributed by atoms with E-state index in [1.165, 1.54) is 64.2 Å². The van der Waals surface area contributed by atoms with E-state index >= 15 is 0 Å². The third-order valence-corrected chi connectivity index (χ3v) is 22.7. The first kappa shape index (κ1) is 56.0. The minimum absolute atomic E-state index is 0. The number of aromatic nitrogens is 4. The van der Waals surface area contributed by atoms with Gasteiger partial charge in [-0.2, -0.15) is 0 Å². The van der Waals surface area contributed by atoms with Gasteiger partial charge in [0.25, 0.3) is 0 Å². The quantitative estimate of drug-likeness (QED) is 0.0904. The minimum atomic E-state index is -0.988. The Morgan fingerprint density at radius 1 is 0.156 bits per heavy atom. The molecular weight excluding hydrogens is 1100 g/mol. The van der Waals surface area contributed by atoms with E-state index < -0.39 is 31.7 Å². The van der Waals surface area contributed by atoms with Gasteiger partial charge in [0.15, 0.2) is 21.7 Å². The summed E-state index contributed by atoms with van der Waals surface area (Å²) in [5.41, 5.74) is 4.74. The first-order chi connectivity index (χ1) is 37.8. The van der Waals surface area contributed by atoms with Crippen LogP contribution in [0, 0.1) is 0 Å². The van der Waals surface area contributed by atoms with E-state index in [9.17, 15) is 0 Å². The zero-order valence-electron chi connectivity index (χ0n) is 42.4. The molecule has 4 aromatic heterocycles. The normalized spacial score (nSPS) is 10.4. The van der Waals surface area contributed by atoms with E-state index in [0.29, 0.717) is 0 Å². The maximum absolute atomic E-state index is 4.58. The van der Waals surface area contributed by atoms with E-state index in [1.807, 2.05) is 49.1 Å². The molecule has 4 heterocycles. The summed E-state index contributed by atoms with van der Waals surface area (Å²) in [6.45, 7) is 0. The van der Waals surface area contributed by atoms with Crippen LogP contribution in [0.15, 0.2) is 340 Å². The molecular formula is C68H60N4P4Pd+4. The number of benzene rings is 8. The number of hydrogen-bond donors (Lipinski definition) is 0. The van der Waals surface area contributed by atoms with E-state index in [-0.39, 0.29) is 20.4 Å². The second-order valence-electron chi connectivity index (χ2n) is 17.3. The molecule has 77 heavy (non-hydrogen) atoms. The number of pyridine rings is 4. The summed E-state index contributed by atoms with van der Waals surface area (Å²) in [4.78, 5) is 18.3. The molecule has 0 aliphatic rings. The summed E-state index contributed by atoms with van der Waals surface area (Å²) in [5, 5.41) is 11.0. The van der Waals surface area contributed by atoms with Crippen molar-refractivity contribution in [3.8, 4) is 0 Å². The predicted octanol–water partition coefficient (Wildman–Crippen LogP) is 10.3. The molecule has 9 heteroatoms. The number of hydrogen-bond acceptors (Lipinski definition) is 4. The molecule has 0 amide bonds. The topological polar surface area (TPSA) is 51.6 Å². The van der Waals surface area contributed by atoms with Crippen molar-refractivity contribution in [3.63, 3.8) is 0 Å². The fourth-order valence-corrected chi connectivity index (χ4v) is 18.5. The third-order valence-electron chi connectivity index (χ3n) is 12.2. The van der Waals surface area contributed by atoms with Crippen molar-refractivity contribution >= 4 is 95.9 Å². The molecule has 0 radical (unpaired) electrons. The molecule has 0 N–H and O–H groups in total. The summed E-state index contributed by atoms with van der Waals surface area (Å²) in [6.07, 6.45) is 7.52. The first-order valence-electron chi connectivity index (χ1n) is 25.4. The second-order valence-corrected chi connectivity index (χ2v) is 27.0. The molecule has 12 aromatic rings. The molecule has 0 aliphatic carbocycles. The Balaban J connectivity index is 0.000000135. The van der Waals surface area contributed by atoms with E-state index in [4.69, 9.17) is 0 Å². The summed E-state index contributed by atoms with van der Waals surface area (Å²) in [5.74, 6) is 0. The van der Waals surface area contributed by atoms with Gasteiger partial charge >= 0.3 is 0 Å². The maximum atomic E-state index is 4.58. The van der Waals surface area contributed by atoms with Gasteiger partial charge in [-0.3, -0.25) is 0 Å². The molecule has 0 spiro atoms. The van der Waals surface area contributed by atoms with E-state index in [0.717, 1.165) is 0 Å². The van der Waals surface area contributed by atoms with Crippen LogP contribution in [-0.4, -0.2) is 19.9 Å². The Morgan fingerprint density at radius 2 is 0.286 bits per heavy atom. The van der Waals surface area contributed by atoms with Gasteiger partial charge in [0.05, 0.1) is 0 Å². The van der Waals surface area contributed by atoms with Crippen LogP contribution in [0.2, 0.25) is 0 Å². The van der Waals surface area contributed by atoms with Crippen LogP contribution < -0.4 is 64.2 Å². The Hall–Kier alpha value is -7.26. The van der Waals surface area contributed by atoms with Crippen LogP contribution in [-0.2, 0) is 20.4 Å². The van der Waals surface area contributed by atoms with Gasteiger partial charge in [-0.15, -0.1) is 0 Å². The summed E-state index contributed by atoms with van der Waals surface area (Å²) in [7, 11) is -3.95. The Labute approximate surface area is 473 Å². The monoisotopic (exact) mass is 1160 g/mol. The number of nitrogens with zero attached hydrogens (tertiary/aromatic N) is 4. The van der Waals surface area contributed by atoms with Gasteiger partial charge in [-0.05, 0) is 121 Å². The predicted molar refractivity (Wildman–Crippen MR) is 337 cm³/mol. The van der Waals surface area contributed by atoms with Crippen molar-refractivity contribution in [1.82, 2.24) is 19.9 Å². The summed E-state index contributed by atoms with van der Waals surface area (Å²) >= 11 is 0. The SMILES string of the molecule is [Pd].c1ccc([PH+](c2ccccc2)c2ccccn2)cc1.c1ccc([PH+](c2ccccc2)c2ccccn2)cc1.c1ccc([PH+](c2ccccc2)c2ccccn2)cc1.c1ccc([PH+](c2ccccc2)c2ccccn2)cc1. The Morgan fingerprint density at radius 3 is 0.403 bits per heavy atom. The molecule has 12 rings (SSSR count). The van der Waals surface area contributed by atoms with Gasteiger partial charge in [0, 0.05) is 69.5 Å². The van der Waals surface area contributed by atoms with Crippen LogP contribution >= 0.6 is 31.7 Å². The largest absolute Gasteiger partial charge is 0.222 e. The fourth-order valence-electron chi connectivity index (χ4n) is 8.73. The van der Waals surface area contributed by atoms with Gasteiger partial charge in [0.1, 0.15) is 74.1 Å². The molecule has 0 saturated carbocycles. The van der Waals surface area contributed by atoms with Crippen LogP contribution in [0.5, 0.6) is 0 Å². The van der Waals surface area contributed by atoms with E-state index in [2.05, 4.69) is 311 Å². The molecule has 0 bridgehead atoms. The zero-order chi connectivity index (χ0) is 51.7. The van der Waals surface area contributed by atoms with Crippen molar-refractivity contribution in [2.75, 3.05) is 0 Å². The Kier molecular flexibility index (Phi) is 22.6. The van der Waals surface area contributed by atoms with E-state index in [1.54, 1.807) is 0 Å². The molecule has 8 aromatic carbocycles. The standard InChI is InChI=1S/4C17H14NP.Pd/c4*1-3-9-15(10-4-1)19(16-11-5-2-6-12-16)17-13-7-8-14-18-17;/h4*1-14H;/p+4. The molecule has 4 nitrogen and oxygen atoms in total. The molecule has 0 fully saturated rings. The zero-order valence-corrected chi connectivity index (χ0v) is 48.0. The fraction of sp³-hybridized carbons (Fsp3) is 0. The molecule has 0 saturated heterocycles. The molecule has 0 atom stereocenters. The van der Waals surface area contributed by atoms with Crippen molar-refractivity contribution in [1.29, 1.82) is 0 Å².